The molecule has 29 heavy (non-hydrogen) atoms. The van der Waals surface area contributed by atoms with Gasteiger partial charge in [0.05, 0.1) is 24.2 Å². The molecule has 1 aliphatic rings. The summed E-state index contributed by atoms with van der Waals surface area (Å²) in [5.74, 6) is 0.428. The largest absolute Gasteiger partial charge is 0.491 e. The third-order valence-corrected chi connectivity index (χ3v) is 6.56. The van der Waals surface area contributed by atoms with Crippen molar-refractivity contribution in [1.29, 1.82) is 0 Å². The van der Waals surface area contributed by atoms with E-state index in [1.165, 1.54) is 16.4 Å². The molecule has 0 radical (unpaired) electrons. The highest BCUT2D eigenvalue weighted by molar-refractivity contribution is 7.89. The molecule has 156 valence electrons. The Bertz CT molecular complexity index is 955. The highest BCUT2D eigenvalue weighted by Crippen LogP contribution is 2.19. The van der Waals surface area contributed by atoms with E-state index in [1.807, 2.05) is 38.1 Å². The summed E-state index contributed by atoms with van der Waals surface area (Å²) in [4.78, 5) is 12.7. The van der Waals surface area contributed by atoms with E-state index >= 15 is 0 Å². The number of ether oxygens (including phenoxy) is 2. The molecule has 1 unspecified atom stereocenters. The molecule has 8 heteroatoms. The molecular formula is C21H26N2O5S. The number of nitrogens with one attached hydrogen (secondary N) is 1. The monoisotopic (exact) mass is 418 g/mol. The minimum Gasteiger partial charge on any atom is -0.491 e. The number of benzene rings is 2. The maximum absolute atomic E-state index is 12.8. The van der Waals surface area contributed by atoms with Crippen molar-refractivity contribution in [3.63, 3.8) is 0 Å². The summed E-state index contributed by atoms with van der Waals surface area (Å²) in [6.45, 7) is 5.47. The van der Waals surface area contributed by atoms with Crippen LogP contribution in [0.15, 0.2) is 53.4 Å². The number of hydrogen-bond donors (Lipinski definition) is 1. The molecule has 3 rings (SSSR count). The first-order valence-electron chi connectivity index (χ1n) is 9.55. The molecule has 0 saturated carbocycles. The normalized spacial score (nSPS) is 16.2. The van der Waals surface area contributed by atoms with E-state index in [0.29, 0.717) is 38.5 Å². The Balaban J connectivity index is 1.63. The van der Waals surface area contributed by atoms with E-state index in [-0.39, 0.29) is 16.8 Å². The molecule has 1 fully saturated rings. The van der Waals surface area contributed by atoms with Crippen LogP contribution in [0.3, 0.4) is 0 Å². The lowest BCUT2D eigenvalue weighted by atomic mass is 10.2. The van der Waals surface area contributed by atoms with Crippen LogP contribution in [0.25, 0.3) is 0 Å². The fourth-order valence-electron chi connectivity index (χ4n) is 3.02. The molecule has 0 bridgehead atoms. The van der Waals surface area contributed by atoms with E-state index in [0.717, 1.165) is 11.3 Å². The zero-order valence-electron chi connectivity index (χ0n) is 16.6. The first-order valence-corrected chi connectivity index (χ1v) is 11.0. The summed E-state index contributed by atoms with van der Waals surface area (Å²) in [5.41, 5.74) is 1.31. The number of hydrogen-bond acceptors (Lipinski definition) is 5. The Hall–Kier alpha value is -2.42. The van der Waals surface area contributed by atoms with E-state index in [1.54, 1.807) is 12.1 Å². The zero-order valence-corrected chi connectivity index (χ0v) is 17.4. The minimum absolute atomic E-state index is 0.107. The average Bonchev–Trinajstić information content (AvgIpc) is 2.74. The Morgan fingerprint density at radius 2 is 1.90 bits per heavy atom. The fraction of sp³-hybridized carbons (Fsp3) is 0.381. The molecule has 1 N–H and O–H groups in total. The van der Waals surface area contributed by atoms with Gasteiger partial charge in [0.25, 0.3) is 5.91 Å². The minimum atomic E-state index is -3.65. The third kappa shape index (κ3) is 5.35. The van der Waals surface area contributed by atoms with Gasteiger partial charge in [-0.25, -0.2) is 8.42 Å². The van der Waals surface area contributed by atoms with Gasteiger partial charge in [0, 0.05) is 18.7 Å². The predicted molar refractivity (Wildman–Crippen MR) is 110 cm³/mol. The Morgan fingerprint density at radius 1 is 1.17 bits per heavy atom. The molecule has 1 aliphatic heterocycles. The van der Waals surface area contributed by atoms with Gasteiger partial charge in [-0.15, -0.1) is 0 Å². The summed E-state index contributed by atoms with van der Waals surface area (Å²) < 4.78 is 37.9. The first-order chi connectivity index (χ1) is 13.9. The smallest absolute Gasteiger partial charge is 0.251 e. The number of para-hydroxylation sites is 1. The fourth-order valence-corrected chi connectivity index (χ4v) is 4.47. The van der Waals surface area contributed by atoms with Crippen LogP contribution in [0.5, 0.6) is 5.75 Å². The van der Waals surface area contributed by atoms with Crippen molar-refractivity contribution in [2.45, 2.75) is 24.8 Å². The van der Waals surface area contributed by atoms with Crippen LogP contribution in [-0.2, 0) is 14.8 Å². The topological polar surface area (TPSA) is 84.9 Å². The second-order valence-electron chi connectivity index (χ2n) is 7.00. The summed E-state index contributed by atoms with van der Waals surface area (Å²) in [5, 5.41) is 2.85. The van der Waals surface area contributed by atoms with Gasteiger partial charge in [-0.2, -0.15) is 4.31 Å². The lowest BCUT2D eigenvalue weighted by molar-refractivity contribution is 0.0730. The molecule has 1 atom stereocenters. The number of morpholine rings is 1. The van der Waals surface area contributed by atoms with Crippen LogP contribution in [0, 0.1) is 6.92 Å². The Kier molecular flexibility index (Phi) is 6.89. The molecule has 1 heterocycles. The highest BCUT2D eigenvalue weighted by atomic mass is 32.2. The molecule has 2 aromatic carbocycles. The summed E-state index contributed by atoms with van der Waals surface area (Å²) in [6.07, 6.45) is 0. The average molecular weight is 419 g/mol. The molecule has 0 spiro atoms. The van der Waals surface area contributed by atoms with Crippen LogP contribution in [-0.4, -0.2) is 57.6 Å². The van der Waals surface area contributed by atoms with Gasteiger partial charge < -0.3 is 14.8 Å². The van der Waals surface area contributed by atoms with Crippen LogP contribution in [0.4, 0.5) is 0 Å². The number of nitrogens with zero attached hydrogens (tertiary/aromatic N) is 1. The molecule has 0 aromatic heterocycles. The highest BCUT2D eigenvalue weighted by Gasteiger charge is 2.27. The number of aryl methyl sites for hydroxylation is 1. The number of rotatable bonds is 7. The third-order valence-electron chi connectivity index (χ3n) is 4.66. The van der Waals surface area contributed by atoms with Crippen molar-refractivity contribution in [3.05, 3.63) is 59.7 Å². The summed E-state index contributed by atoms with van der Waals surface area (Å²) >= 11 is 0. The van der Waals surface area contributed by atoms with E-state index in [2.05, 4.69) is 5.32 Å². The second-order valence-corrected chi connectivity index (χ2v) is 8.93. The molecular weight excluding hydrogens is 392 g/mol. The number of sulfonamides is 1. The van der Waals surface area contributed by atoms with E-state index < -0.39 is 10.0 Å². The van der Waals surface area contributed by atoms with E-state index in [4.69, 9.17) is 9.47 Å². The van der Waals surface area contributed by atoms with Gasteiger partial charge in [0.1, 0.15) is 12.4 Å². The van der Waals surface area contributed by atoms with Crippen LogP contribution < -0.4 is 10.1 Å². The van der Waals surface area contributed by atoms with Gasteiger partial charge in [0.2, 0.25) is 10.0 Å². The van der Waals surface area contributed by atoms with Crippen molar-refractivity contribution in [3.8, 4) is 5.75 Å². The Morgan fingerprint density at radius 3 is 2.62 bits per heavy atom. The first kappa shape index (κ1) is 21.3. The van der Waals surface area contributed by atoms with Gasteiger partial charge in [-0.05, 0) is 43.7 Å². The Labute approximate surface area is 171 Å². The predicted octanol–water partition coefficient (Wildman–Crippen LogP) is 2.21. The second kappa shape index (κ2) is 9.39. The van der Waals surface area contributed by atoms with Crippen molar-refractivity contribution >= 4 is 15.9 Å². The number of amides is 1. The maximum atomic E-state index is 12.8. The molecule has 1 saturated heterocycles. The standard InChI is InChI=1S/C21H26N2O5S/c1-16-6-3-4-9-20(16)28-15-17(2)22-21(24)18-7-5-8-19(14-18)29(25,26)23-10-12-27-13-11-23/h3-9,14,17H,10-13,15H2,1-2H3,(H,22,24). The van der Waals surface area contributed by atoms with Crippen molar-refractivity contribution in [1.82, 2.24) is 9.62 Å². The SMILES string of the molecule is Cc1ccccc1OCC(C)NC(=O)c1cccc(S(=O)(=O)N2CCOCC2)c1. The molecule has 1 amide bonds. The van der Waals surface area contributed by atoms with Crippen LogP contribution in [0.2, 0.25) is 0 Å². The number of carbonyl (C=O) groups is 1. The summed E-state index contributed by atoms with van der Waals surface area (Å²) in [6, 6.07) is 13.5. The zero-order chi connectivity index (χ0) is 20.9. The van der Waals surface area contributed by atoms with Crippen LogP contribution in [0.1, 0.15) is 22.8 Å². The number of carbonyl (C=O) groups excluding carboxylic acids is 1. The van der Waals surface area contributed by atoms with E-state index in [9.17, 15) is 13.2 Å². The van der Waals surface area contributed by atoms with Gasteiger partial charge >= 0.3 is 0 Å². The maximum Gasteiger partial charge on any atom is 0.251 e. The quantitative estimate of drug-likeness (QED) is 0.745. The van der Waals surface area contributed by atoms with Crippen molar-refractivity contribution in [2.75, 3.05) is 32.9 Å². The molecule has 7 nitrogen and oxygen atoms in total. The van der Waals surface area contributed by atoms with Gasteiger partial charge in [0.15, 0.2) is 0 Å². The van der Waals surface area contributed by atoms with Gasteiger partial charge in [-0.1, -0.05) is 24.3 Å². The summed E-state index contributed by atoms with van der Waals surface area (Å²) in [7, 11) is -3.65. The lowest BCUT2D eigenvalue weighted by Gasteiger charge is -2.26. The van der Waals surface area contributed by atoms with Crippen molar-refractivity contribution in [2.24, 2.45) is 0 Å². The van der Waals surface area contributed by atoms with Crippen LogP contribution >= 0.6 is 0 Å². The van der Waals surface area contributed by atoms with Crippen molar-refractivity contribution < 1.29 is 22.7 Å². The lowest BCUT2D eigenvalue weighted by Crippen LogP contribution is -2.40. The molecule has 0 aliphatic carbocycles. The van der Waals surface area contributed by atoms with Gasteiger partial charge in [-0.3, -0.25) is 4.79 Å². The molecule has 2 aromatic rings.